The van der Waals surface area contributed by atoms with E-state index in [2.05, 4.69) is 13.0 Å². The summed E-state index contributed by atoms with van der Waals surface area (Å²) < 4.78 is 0. The molecule has 0 bridgehead atoms. The third kappa shape index (κ3) is 2.43. The molecule has 2 nitrogen and oxygen atoms in total. The predicted molar refractivity (Wildman–Crippen MR) is 75.0 cm³/mol. The number of hydrogen-bond donors (Lipinski definition) is 0. The van der Waals surface area contributed by atoms with Crippen LogP contribution >= 0.6 is 0 Å². The molecule has 2 heteroatoms. The summed E-state index contributed by atoms with van der Waals surface area (Å²) >= 11 is 0. The van der Waals surface area contributed by atoms with Crippen molar-refractivity contribution in [1.82, 2.24) is 0 Å². The van der Waals surface area contributed by atoms with Crippen LogP contribution in [0.25, 0.3) is 0 Å². The van der Waals surface area contributed by atoms with Gasteiger partial charge in [0.05, 0.1) is 0 Å². The Morgan fingerprint density at radius 2 is 1.61 bits per heavy atom. The molecule has 0 unspecified atom stereocenters. The number of benzene rings is 2. The normalized spacial score (nSPS) is 10.1. The molecule has 0 N–H and O–H groups in total. The second-order valence-electron chi connectivity index (χ2n) is 4.21. The number of para-hydroxylation sites is 1. The number of aryl methyl sites for hydroxylation is 1. The van der Waals surface area contributed by atoms with Gasteiger partial charge in [-0.15, -0.1) is 0 Å². The minimum absolute atomic E-state index is 0.0245. The summed E-state index contributed by atoms with van der Waals surface area (Å²) in [5.74, 6) is 0.0245. The van der Waals surface area contributed by atoms with E-state index in [0.717, 1.165) is 12.1 Å². The Hall–Kier alpha value is -2.09. The van der Waals surface area contributed by atoms with E-state index in [4.69, 9.17) is 0 Å². The quantitative estimate of drug-likeness (QED) is 0.802. The van der Waals surface area contributed by atoms with Crippen LogP contribution in [0.5, 0.6) is 0 Å². The summed E-state index contributed by atoms with van der Waals surface area (Å²) in [5, 5.41) is 0. The smallest absolute Gasteiger partial charge is 0.258 e. The van der Waals surface area contributed by atoms with E-state index >= 15 is 0 Å². The van der Waals surface area contributed by atoms with Crippen LogP contribution in [0.2, 0.25) is 0 Å². The lowest BCUT2D eigenvalue weighted by molar-refractivity contribution is 0.0993. The SMILES string of the molecule is CCc1ccccc1N(C)C(=O)c1ccccc1. The number of nitrogens with zero attached hydrogens (tertiary/aromatic N) is 1. The zero-order valence-electron chi connectivity index (χ0n) is 10.8. The summed E-state index contributed by atoms with van der Waals surface area (Å²) in [6.45, 7) is 2.10. The summed E-state index contributed by atoms with van der Waals surface area (Å²) in [5.41, 5.74) is 2.88. The summed E-state index contributed by atoms with van der Waals surface area (Å²) in [7, 11) is 1.82. The molecule has 0 saturated carbocycles. The second kappa shape index (κ2) is 5.50. The lowest BCUT2D eigenvalue weighted by Crippen LogP contribution is -2.27. The number of amides is 1. The maximum atomic E-state index is 12.3. The van der Waals surface area contributed by atoms with Gasteiger partial charge in [0.2, 0.25) is 0 Å². The predicted octanol–water partition coefficient (Wildman–Crippen LogP) is 3.53. The van der Waals surface area contributed by atoms with Gasteiger partial charge in [-0.3, -0.25) is 4.79 Å². The van der Waals surface area contributed by atoms with Crippen LogP contribution < -0.4 is 4.90 Å². The second-order valence-corrected chi connectivity index (χ2v) is 4.21. The highest BCUT2D eigenvalue weighted by atomic mass is 16.2. The van der Waals surface area contributed by atoms with Gasteiger partial charge in [0, 0.05) is 18.3 Å². The van der Waals surface area contributed by atoms with Gasteiger partial charge in [0.25, 0.3) is 5.91 Å². The zero-order valence-corrected chi connectivity index (χ0v) is 10.8. The average Bonchev–Trinajstić information content (AvgIpc) is 2.46. The van der Waals surface area contributed by atoms with Crippen LogP contribution in [0.4, 0.5) is 5.69 Å². The highest BCUT2D eigenvalue weighted by Gasteiger charge is 2.14. The first-order valence-electron chi connectivity index (χ1n) is 6.15. The highest BCUT2D eigenvalue weighted by molar-refractivity contribution is 6.06. The summed E-state index contributed by atoms with van der Waals surface area (Å²) in [4.78, 5) is 14.1. The Kier molecular flexibility index (Phi) is 3.78. The first kappa shape index (κ1) is 12.4. The summed E-state index contributed by atoms with van der Waals surface area (Å²) in [6.07, 6.45) is 0.919. The van der Waals surface area contributed by atoms with Crippen molar-refractivity contribution in [2.24, 2.45) is 0 Å². The molecule has 0 aliphatic carbocycles. The van der Waals surface area contributed by atoms with Crippen LogP contribution in [0.1, 0.15) is 22.8 Å². The molecule has 0 heterocycles. The number of hydrogen-bond acceptors (Lipinski definition) is 1. The lowest BCUT2D eigenvalue weighted by atomic mass is 10.1. The van der Waals surface area contributed by atoms with Gasteiger partial charge in [-0.2, -0.15) is 0 Å². The highest BCUT2D eigenvalue weighted by Crippen LogP contribution is 2.21. The van der Waals surface area contributed by atoms with Crippen LogP contribution in [0.15, 0.2) is 54.6 Å². The van der Waals surface area contributed by atoms with Gasteiger partial charge in [0.1, 0.15) is 0 Å². The Morgan fingerprint density at radius 3 is 2.28 bits per heavy atom. The first-order valence-corrected chi connectivity index (χ1v) is 6.15. The monoisotopic (exact) mass is 239 g/mol. The van der Waals surface area contributed by atoms with Gasteiger partial charge >= 0.3 is 0 Å². The standard InChI is InChI=1S/C16H17NO/c1-3-13-9-7-8-12-15(13)17(2)16(18)14-10-5-4-6-11-14/h4-12H,3H2,1-2H3. The Bertz CT molecular complexity index is 534. The van der Waals surface area contributed by atoms with E-state index in [1.165, 1.54) is 5.56 Å². The molecular weight excluding hydrogens is 222 g/mol. The van der Waals surface area contributed by atoms with Crippen LogP contribution in [0, 0.1) is 0 Å². The molecule has 0 aromatic heterocycles. The Labute approximate surface area is 108 Å². The largest absolute Gasteiger partial charge is 0.311 e. The van der Waals surface area contributed by atoms with Crippen LogP contribution in [0.3, 0.4) is 0 Å². The molecule has 92 valence electrons. The minimum Gasteiger partial charge on any atom is -0.311 e. The van der Waals surface area contributed by atoms with E-state index in [1.54, 1.807) is 4.90 Å². The fourth-order valence-electron chi connectivity index (χ4n) is 2.02. The molecule has 2 aromatic carbocycles. The first-order chi connectivity index (χ1) is 8.74. The minimum atomic E-state index is 0.0245. The Morgan fingerprint density at radius 1 is 1.00 bits per heavy atom. The van der Waals surface area contributed by atoms with Crippen molar-refractivity contribution in [3.05, 3.63) is 65.7 Å². The molecule has 2 rings (SSSR count). The van der Waals surface area contributed by atoms with Crippen molar-refractivity contribution in [1.29, 1.82) is 0 Å². The number of anilines is 1. The van der Waals surface area contributed by atoms with Gasteiger partial charge in [0.15, 0.2) is 0 Å². The van der Waals surface area contributed by atoms with Crippen molar-refractivity contribution < 1.29 is 4.79 Å². The van der Waals surface area contributed by atoms with Crippen molar-refractivity contribution in [2.45, 2.75) is 13.3 Å². The molecular formula is C16H17NO. The van der Waals surface area contributed by atoms with E-state index in [-0.39, 0.29) is 5.91 Å². The molecule has 0 saturated heterocycles. The molecule has 0 aliphatic heterocycles. The lowest BCUT2D eigenvalue weighted by Gasteiger charge is -2.20. The molecule has 0 atom stereocenters. The van der Waals surface area contributed by atoms with Gasteiger partial charge in [-0.1, -0.05) is 43.3 Å². The van der Waals surface area contributed by atoms with Crippen LogP contribution in [-0.4, -0.2) is 13.0 Å². The van der Waals surface area contributed by atoms with Gasteiger partial charge in [-0.25, -0.2) is 0 Å². The third-order valence-corrected chi connectivity index (χ3v) is 3.06. The maximum absolute atomic E-state index is 12.3. The van der Waals surface area contributed by atoms with E-state index in [0.29, 0.717) is 5.56 Å². The van der Waals surface area contributed by atoms with Gasteiger partial charge in [-0.05, 0) is 30.2 Å². The fourth-order valence-corrected chi connectivity index (χ4v) is 2.02. The number of rotatable bonds is 3. The van der Waals surface area contributed by atoms with E-state index in [1.807, 2.05) is 55.6 Å². The van der Waals surface area contributed by atoms with Gasteiger partial charge < -0.3 is 4.90 Å². The molecule has 0 radical (unpaired) electrons. The fraction of sp³-hybridized carbons (Fsp3) is 0.188. The van der Waals surface area contributed by atoms with Crippen molar-refractivity contribution in [3.8, 4) is 0 Å². The molecule has 1 amide bonds. The maximum Gasteiger partial charge on any atom is 0.258 e. The van der Waals surface area contributed by atoms with Crippen molar-refractivity contribution in [2.75, 3.05) is 11.9 Å². The number of carbonyl (C=O) groups excluding carboxylic acids is 1. The summed E-state index contributed by atoms with van der Waals surface area (Å²) in [6, 6.07) is 17.4. The molecule has 0 spiro atoms. The third-order valence-electron chi connectivity index (χ3n) is 3.06. The van der Waals surface area contributed by atoms with E-state index < -0.39 is 0 Å². The zero-order chi connectivity index (χ0) is 13.0. The van der Waals surface area contributed by atoms with E-state index in [9.17, 15) is 4.79 Å². The van der Waals surface area contributed by atoms with Crippen LogP contribution in [-0.2, 0) is 6.42 Å². The van der Waals surface area contributed by atoms with Crippen molar-refractivity contribution >= 4 is 11.6 Å². The average molecular weight is 239 g/mol. The molecule has 0 aliphatic rings. The Balaban J connectivity index is 2.31. The topological polar surface area (TPSA) is 20.3 Å². The van der Waals surface area contributed by atoms with Crippen molar-refractivity contribution in [3.63, 3.8) is 0 Å². The number of carbonyl (C=O) groups is 1. The molecule has 2 aromatic rings. The molecule has 0 fully saturated rings. The molecule has 18 heavy (non-hydrogen) atoms.